The highest BCUT2D eigenvalue weighted by atomic mass is 79.9. The number of rotatable bonds is 6. The molecule has 0 heterocycles. The molecule has 0 aliphatic carbocycles. The van der Waals surface area contributed by atoms with Crippen molar-refractivity contribution in [1.29, 1.82) is 0 Å². The predicted octanol–water partition coefficient (Wildman–Crippen LogP) is 4.24. The molecule has 2 aromatic carbocycles. The number of nitrogens with one attached hydrogen (secondary N) is 2. The van der Waals surface area contributed by atoms with E-state index in [-0.39, 0.29) is 17.9 Å². The Morgan fingerprint density at radius 1 is 1.08 bits per heavy atom. The molecule has 0 spiro atoms. The number of hydrogen-bond acceptors (Lipinski definition) is 3. The molecule has 0 saturated heterocycles. The van der Waals surface area contributed by atoms with Crippen LogP contribution in [0, 0.1) is 0 Å². The van der Waals surface area contributed by atoms with Crippen molar-refractivity contribution in [3.8, 4) is 5.75 Å². The van der Waals surface area contributed by atoms with Gasteiger partial charge in [-0.25, -0.2) is 0 Å². The van der Waals surface area contributed by atoms with Crippen molar-refractivity contribution in [1.82, 2.24) is 5.32 Å². The van der Waals surface area contributed by atoms with E-state index in [0.717, 1.165) is 0 Å². The lowest BCUT2D eigenvalue weighted by molar-refractivity contribution is 0.0954. The van der Waals surface area contributed by atoms with Gasteiger partial charge in [0.2, 0.25) is 0 Å². The molecule has 0 aliphatic rings. The first-order chi connectivity index (χ1) is 11.9. The van der Waals surface area contributed by atoms with Crippen LogP contribution in [0.25, 0.3) is 0 Å². The van der Waals surface area contributed by atoms with Crippen molar-refractivity contribution < 1.29 is 14.3 Å². The average Bonchev–Trinajstić information content (AvgIpc) is 2.56. The van der Waals surface area contributed by atoms with Gasteiger partial charge in [0, 0.05) is 23.4 Å². The maximum absolute atomic E-state index is 12.4. The second-order valence-corrected chi connectivity index (χ2v) is 6.56. The molecular weight excluding hydrogens is 384 g/mol. The summed E-state index contributed by atoms with van der Waals surface area (Å²) in [6.07, 6.45) is 0.0491. The molecular formula is C19H21BrN2O3. The topological polar surface area (TPSA) is 67.4 Å². The van der Waals surface area contributed by atoms with E-state index in [1.54, 1.807) is 42.5 Å². The quantitative estimate of drug-likeness (QED) is 0.756. The van der Waals surface area contributed by atoms with Gasteiger partial charge >= 0.3 is 0 Å². The number of halogens is 1. The molecule has 5 nitrogen and oxygen atoms in total. The van der Waals surface area contributed by atoms with Crippen LogP contribution in [-0.4, -0.2) is 24.5 Å². The Hall–Kier alpha value is -2.34. The molecule has 6 heteroatoms. The molecule has 25 heavy (non-hydrogen) atoms. The SMILES string of the molecule is CCNC(=O)c1cccc(NC(=O)c2ccc(OC(C)C)c(Br)c2)c1. The van der Waals surface area contributed by atoms with Gasteiger partial charge in [-0.05, 0) is 73.1 Å². The molecule has 2 amide bonds. The third-order valence-electron chi connectivity index (χ3n) is 3.28. The first-order valence-electron chi connectivity index (χ1n) is 8.06. The van der Waals surface area contributed by atoms with Gasteiger partial charge in [-0.1, -0.05) is 6.07 Å². The highest BCUT2D eigenvalue weighted by molar-refractivity contribution is 9.10. The Balaban J connectivity index is 2.13. The van der Waals surface area contributed by atoms with Crippen LogP contribution in [0.1, 0.15) is 41.5 Å². The van der Waals surface area contributed by atoms with Crippen LogP contribution in [-0.2, 0) is 0 Å². The lowest BCUT2D eigenvalue weighted by atomic mass is 10.1. The summed E-state index contributed by atoms with van der Waals surface area (Å²) in [6.45, 7) is 6.28. The Bertz CT molecular complexity index is 775. The number of hydrogen-bond donors (Lipinski definition) is 2. The third-order valence-corrected chi connectivity index (χ3v) is 3.90. The van der Waals surface area contributed by atoms with Crippen LogP contribution in [0.4, 0.5) is 5.69 Å². The van der Waals surface area contributed by atoms with Gasteiger partial charge in [-0.2, -0.15) is 0 Å². The summed E-state index contributed by atoms with van der Waals surface area (Å²) in [4.78, 5) is 24.3. The third kappa shape index (κ3) is 5.32. The van der Waals surface area contributed by atoms with Gasteiger partial charge in [0.05, 0.1) is 10.6 Å². The molecule has 0 saturated carbocycles. The fourth-order valence-corrected chi connectivity index (χ4v) is 2.67. The molecule has 0 aromatic heterocycles. The zero-order valence-electron chi connectivity index (χ0n) is 14.4. The number of anilines is 1. The van der Waals surface area contributed by atoms with Crippen LogP contribution < -0.4 is 15.4 Å². The highest BCUT2D eigenvalue weighted by Gasteiger charge is 2.12. The number of carbonyl (C=O) groups excluding carboxylic acids is 2. The minimum atomic E-state index is -0.259. The van der Waals surface area contributed by atoms with E-state index in [0.29, 0.717) is 33.6 Å². The minimum Gasteiger partial charge on any atom is -0.490 e. The molecule has 0 fully saturated rings. The van der Waals surface area contributed by atoms with Crippen molar-refractivity contribution in [3.63, 3.8) is 0 Å². The summed E-state index contributed by atoms with van der Waals surface area (Å²) < 4.78 is 6.35. The summed E-state index contributed by atoms with van der Waals surface area (Å²) >= 11 is 3.42. The molecule has 0 aliphatic heterocycles. The standard InChI is InChI=1S/C19H21BrN2O3/c1-4-21-18(23)13-6-5-7-15(10-13)22-19(24)14-8-9-17(16(20)11-14)25-12(2)3/h5-12H,4H2,1-3H3,(H,21,23)(H,22,24). The summed E-state index contributed by atoms with van der Waals surface area (Å²) in [5, 5.41) is 5.53. The highest BCUT2D eigenvalue weighted by Crippen LogP contribution is 2.27. The number of amides is 2. The van der Waals surface area contributed by atoms with Gasteiger partial charge in [-0.3, -0.25) is 9.59 Å². The average molecular weight is 405 g/mol. The summed E-state index contributed by atoms with van der Waals surface area (Å²) in [5.74, 6) is 0.256. The molecule has 0 atom stereocenters. The zero-order valence-corrected chi connectivity index (χ0v) is 16.0. The van der Waals surface area contributed by atoms with Crippen LogP contribution in [0.3, 0.4) is 0 Å². The van der Waals surface area contributed by atoms with Crippen molar-refractivity contribution in [3.05, 3.63) is 58.1 Å². The second-order valence-electron chi connectivity index (χ2n) is 5.71. The summed E-state index contributed by atoms with van der Waals surface area (Å²) in [6, 6.07) is 12.0. The lowest BCUT2D eigenvalue weighted by Gasteiger charge is -2.13. The van der Waals surface area contributed by atoms with Crippen LogP contribution >= 0.6 is 15.9 Å². The molecule has 0 radical (unpaired) electrons. The normalized spacial score (nSPS) is 10.4. The first kappa shape index (κ1) is 19.0. The van der Waals surface area contributed by atoms with Crippen molar-refractivity contribution in [2.45, 2.75) is 26.9 Å². The van der Waals surface area contributed by atoms with Crippen LogP contribution in [0.2, 0.25) is 0 Å². The van der Waals surface area contributed by atoms with Gasteiger partial charge < -0.3 is 15.4 Å². The lowest BCUT2D eigenvalue weighted by Crippen LogP contribution is -2.22. The van der Waals surface area contributed by atoms with E-state index < -0.39 is 0 Å². The number of benzene rings is 2. The van der Waals surface area contributed by atoms with Gasteiger partial charge in [0.15, 0.2) is 0 Å². The Kier molecular flexibility index (Phi) is 6.58. The molecule has 2 N–H and O–H groups in total. The Morgan fingerprint density at radius 2 is 1.80 bits per heavy atom. The minimum absolute atomic E-state index is 0.0491. The van der Waals surface area contributed by atoms with E-state index in [1.807, 2.05) is 20.8 Å². The van der Waals surface area contributed by atoms with Crippen molar-refractivity contribution >= 4 is 33.4 Å². The van der Waals surface area contributed by atoms with Gasteiger partial charge in [-0.15, -0.1) is 0 Å². The maximum atomic E-state index is 12.4. The number of carbonyl (C=O) groups is 2. The van der Waals surface area contributed by atoms with Crippen LogP contribution in [0.15, 0.2) is 46.9 Å². The van der Waals surface area contributed by atoms with E-state index in [2.05, 4.69) is 26.6 Å². The molecule has 0 bridgehead atoms. The Labute approximate surface area is 155 Å². The second kappa shape index (κ2) is 8.67. The van der Waals surface area contributed by atoms with Crippen molar-refractivity contribution in [2.75, 3.05) is 11.9 Å². The smallest absolute Gasteiger partial charge is 0.255 e. The van der Waals surface area contributed by atoms with Gasteiger partial charge in [0.25, 0.3) is 11.8 Å². The van der Waals surface area contributed by atoms with E-state index in [9.17, 15) is 9.59 Å². The Morgan fingerprint density at radius 3 is 2.44 bits per heavy atom. The number of ether oxygens (including phenoxy) is 1. The fraction of sp³-hybridized carbons (Fsp3) is 0.263. The fourth-order valence-electron chi connectivity index (χ4n) is 2.20. The zero-order chi connectivity index (χ0) is 18.4. The molecule has 2 aromatic rings. The monoisotopic (exact) mass is 404 g/mol. The first-order valence-corrected chi connectivity index (χ1v) is 8.85. The molecule has 0 unspecified atom stereocenters. The maximum Gasteiger partial charge on any atom is 0.255 e. The van der Waals surface area contributed by atoms with Gasteiger partial charge in [0.1, 0.15) is 5.75 Å². The molecule has 2 rings (SSSR count). The largest absolute Gasteiger partial charge is 0.490 e. The van der Waals surface area contributed by atoms with E-state index in [4.69, 9.17) is 4.74 Å². The van der Waals surface area contributed by atoms with E-state index in [1.165, 1.54) is 0 Å². The van der Waals surface area contributed by atoms with E-state index >= 15 is 0 Å². The van der Waals surface area contributed by atoms with Crippen LogP contribution in [0.5, 0.6) is 5.75 Å². The summed E-state index contributed by atoms with van der Waals surface area (Å²) in [7, 11) is 0. The summed E-state index contributed by atoms with van der Waals surface area (Å²) in [5.41, 5.74) is 1.56. The predicted molar refractivity (Wildman–Crippen MR) is 102 cm³/mol. The van der Waals surface area contributed by atoms with Crippen molar-refractivity contribution in [2.24, 2.45) is 0 Å². The molecule has 132 valence electrons.